The Bertz CT molecular complexity index is 809. The summed E-state index contributed by atoms with van der Waals surface area (Å²) in [7, 11) is 0. The van der Waals surface area contributed by atoms with Gasteiger partial charge in [-0.15, -0.1) is 0 Å². The van der Waals surface area contributed by atoms with Gasteiger partial charge in [0, 0.05) is 16.3 Å². The molecule has 0 unspecified atom stereocenters. The summed E-state index contributed by atoms with van der Waals surface area (Å²) in [4.78, 5) is 17.1. The highest BCUT2D eigenvalue weighted by atomic mass is 35.5. The number of ether oxygens (including phenoxy) is 1. The molecule has 2 aromatic rings. The van der Waals surface area contributed by atoms with E-state index in [1.807, 2.05) is 25.1 Å². The van der Waals surface area contributed by atoms with Crippen LogP contribution in [-0.4, -0.2) is 18.4 Å². The Morgan fingerprint density at radius 3 is 2.79 bits per heavy atom. The van der Waals surface area contributed by atoms with E-state index < -0.39 is 12.0 Å². The number of esters is 1. The molecular formula is C18H17ClN2O3. The van der Waals surface area contributed by atoms with Gasteiger partial charge < -0.3 is 14.5 Å². The molecule has 0 saturated heterocycles. The second kappa shape index (κ2) is 6.93. The second-order valence-electron chi connectivity index (χ2n) is 5.26. The smallest absolute Gasteiger partial charge is 0.338 e. The monoisotopic (exact) mass is 344 g/mol. The van der Waals surface area contributed by atoms with Crippen LogP contribution < -0.4 is 5.32 Å². The van der Waals surface area contributed by atoms with E-state index in [-0.39, 0.29) is 0 Å². The van der Waals surface area contributed by atoms with Crippen molar-refractivity contribution in [2.75, 3.05) is 6.61 Å². The number of nitrogens with zero attached hydrogens (tertiary/aromatic N) is 1. The first-order valence-electron chi connectivity index (χ1n) is 7.62. The molecular weight excluding hydrogens is 328 g/mol. The standard InChI is InChI=1S/C18H17ClN2O3/c1-3-23-18(22)15-11(2)20-17(14-9-6-10-24-14)21-16(15)12-7-4-5-8-13(12)19/h4-10,16H,3H2,1-2H3,(H,20,21)/t16-/m0/s1. The number of furan rings is 1. The van der Waals surface area contributed by atoms with E-state index in [2.05, 4.69) is 10.3 Å². The van der Waals surface area contributed by atoms with Gasteiger partial charge in [-0.2, -0.15) is 0 Å². The first kappa shape index (κ1) is 16.3. The largest absolute Gasteiger partial charge is 0.463 e. The number of allylic oxidation sites excluding steroid dienone is 1. The van der Waals surface area contributed by atoms with Crippen LogP contribution in [0.4, 0.5) is 0 Å². The van der Waals surface area contributed by atoms with Crippen molar-refractivity contribution in [3.05, 3.63) is 70.3 Å². The number of hydrogen-bond acceptors (Lipinski definition) is 5. The maximum atomic E-state index is 12.4. The topological polar surface area (TPSA) is 63.8 Å². The van der Waals surface area contributed by atoms with E-state index in [1.54, 1.807) is 31.4 Å². The number of nitrogens with one attached hydrogen (secondary N) is 1. The van der Waals surface area contributed by atoms with E-state index in [0.29, 0.717) is 34.5 Å². The molecule has 5 nitrogen and oxygen atoms in total. The van der Waals surface area contributed by atoms with Gasteiger partial charge >= 0.3 is 5.97 Å². The van der Waals surface area contributed by atoms with Gasteiger partial charge in [-0.05, 0) is 32.0 Å². The van der Waals surface area contributed by atoms with E-state index in [4.69, 9.17) is 20.8 Å². The van der Waals surface area contributed by atoms with Gasteiger partial charge in [-0.3, -0.25) is 4.99 Å². The Kier molecular flexibility index (Phi) is 4.71. The van der Waals surface area contributed by atoms with Crippen LogP contribution in [0, 0.1) is 0 Å². The summed E-state index contributed by atoms with van der Waals surface area (Å²) in [6.07, 6.45) is 1.57. The summed E-state index contributed by atoms with van der Waals surface area (Å²) in [6.45, 7) is 3.87. The molecule has 0 aliphatic carbocycles. The fourth-order valence-electron chi connectivity index (χ4n) is 2.61. The minimum atomic E-state index is -0.556. The summed E-state index contributed by atoms with van der Waals surface area (Å²) >= 11 is 6.34. The Labute approximate surface area is 145 Å². The zero-order chi connectivity index (χ0) is 17.1. The zero-order valence-corrected chi connectivity index (χ0v) is 14.1. The summed E-state index contributed by atoms with van der Waals surface area (Å²) in [5, 5.41) is 3.66. The Morgan fingerprint density at radius 1 is 1.33 bits per heavy atom. The highest BCUT2D eigenvalue weighted by molar-refractivity contribution is 6.31. The van der Waals surface area contributed by atoms with E-state index in [9.17, 15) is 4.79 Å². The lowest BCUT2D eigenvalue weighted by molar-refractivity contribution is -0.138. The van der Waals surface area contributed by atoms with E-state index in [1.165, 1.54) is 0 Å². The third-order valence-corrected chi connectivity index (χ3v) is 4.04. The molecule has 1 aliphatic rings. The molecule has 0 amide bonds. The van der Waals surface area contributed by atoms with Gasteiger partial charge in [0.25, 0.3) is 0 Å². The fourth-order valence-corrected chi connectivity index (χ4v) is 2.85. The Morgan fingerprint density at radius 2 is 2.12 bits per heavy atom. The predicted molar refractivity (Wildman–Crippen MR) is 91.9 cm³/mol. The van der Waals surface area contributed by atoms with Gasteiger partial charge in [-0.25, -0.2) is 4.79 Å². The van der Waals surface area contributed by atoms with E-state index >= 15 is 0 Å². The lowest BCUT2D eigenvalue weighted by Crippen LogP contribution is -2.32. The summed E-state index contributed by atoms with van der Waals surface area (Å²) in [5.41, 5.74) is 1.85. The van der Waals surface area contributed by atoms with Gasteiger partial charge in [-0.1, -0.05) is 29.8 Å². The predicted octanol–water partition coefficient (Wildman–Crippen LogP) is 3.86. The number of hydrogen-bond donors (Lipinski definition) is 1. The third-order valence-electron chi connectivity index (χ3n) is 3.69. The number of rotatable bonds is 4. The first-order valence-corrected chi connectivity index (χ1v) is 8.00. The van der Waals surface area contributed by atoms with Gasteiger partial charge in [0.1, 0.15) is 6.04 Å². The Hall–Kier alpha value is -2.53. The summed E-state index contributed by atoms with van der Waals surface area (Å²) < 4.78 is 10.6. The molecule has 1 atom stereocenters. The van der Waals surface area contributed by atoms with Crippen LogP contribution in [0.3, 0.4) is 0 Å². The lowest BCUT2D eigenvalue weighted by Gasteiger charge is -2.25. The molecule has 124 valence electrons. The molecule has 1 N–H and O–H groups in total. The molecule has 1 aliphatic heterocycles. The van der Waals surface area contributed by atoms with Crippen LogP contribution >= 0.6 is 11.6 Å². The van der Waals surface area contributed by atoms with Crippen molar-refractivity contribution in [3.63, 3.8) is 0 Å². The minimum Gasteiger partial charge on any atom is -0.463 e. The SMILES string of the molecule is CCOC(=O)C1=C(C)NC(c2ccco2)=N[C@H]1c1ccccc1Cl. The van der Waals surface area contributed by atoms with Crippen LogP contribution in [-0.2, 0) is 9.53 Å². The van der Waals surface area contributed by atoms with Gasteiger partial charge in [0.15, 0.2) is 11.6 Å². The minimum absolute atomic E-state index is 0.291. The quantitative estimate of drug-likeness (QED) is 0.855. The van der Waals surface area contributed by atoms with Gasteiger partial charge in [0.2, 0.25) is 0 Å². The Balaban J connectivity index is 2.10. The van der Waals surface area contributed by atoms with Crippen LogP contribution in [0.2, 0.25) is 5.02 Å². The zero-order valence-electron chi connectivity index (χ0n) is 13.4. The van der Waals surface area contributed by atoms with Crippen LogP contribution in [0.15, 0.2) is 63.3 Å². The molecule has 1 aromatic carbocycles. The molecule has 0 saturated carbocycles. The normalized spacial score (nSPS) is 17.3. The third kappa shape index (κ3) is 3.08. The molecule has 6 heteroatoms. The molecule has 2 heterocycles. The fraction of sp³-hybridized carbons (Fsp3) is 0.222. The maximum Gasteiger partial charge on any atom is 0.338 e. The number of carbonyl (C=O) groups excluding carboxylic acids is 1. The summed E-state index contributed by atoms with van der Waals surface area (Å²) in [6, 6.07) is 10.4. The average Bonchev–Trinajstić information content (AvgIpc) is 3.09. The van der Waals surface area contributed by atoms with E-state index in [0.717, 1.165) is 5.56 Å². The van der Waals surface area contributed by atoms with Crippen molar-refractivity contribution in [1.82, 2.24) is 5.32 Å². The van der Waals surface area contributed by atoms with Crippen molar-refractivity contribution >= 4 is 23.4 Å². The molecule has 24 heavy (non-hydrogen) atoms. The molecule has 0 spiro atoms. The number of halogens is 1. The lowest BCUT2D eigenvalue weighted by atomic mass is 9.96. The van der Waals surface area contributed by atoms with Crippen LogP contribution in [0.25, 0.3) is 0 Å². The van der Waals surface area contributed by atoms with Crippen molar-refractivity contribution in [2.24, 2.45) is 4.99 Å². The van der Waals surface area contributed by atoms with Crippen molar-refractivity contribution in [2.45, 2.75) is 19.9 Å². The highest BCUT2D eigenvalue weighted by Crippen LogP contribution is 2.35. The average molecular weight is 345 g/mol. The van der Waals surface area contributed by atoms with Crippen molar-refractivity contribution in [3.8, 4) is 0 Å². The number of benzene rings is 1. The molecule has 3 rings (SSSR count). The molecule has 1 aromatic heterocycles. The van der Waals surface area contributed by atoms with Crippen molar-refractivity contribution < 1.29 is 13.9 Å². The number of aliphatic imine (C=N–C) groups is 1. The van der Waals surface area contributed by atoms with Gasteiger partial charge in [0.05, 0.1) is 18.4 Å². The summed E-state index contributed by atoms with van der Waals surface area (Å²) in [5.74, 6) is 0.736. The maximum absolute atomic E-state index is 12.4. The number of carbonyl (C=O) groups is 1. The van der Waals surface area contributed by atoms with Crippen molar-refractivity contribution in [1.29, 1.82) is 0 Å². The molecule has 0 fully saturated rings. The first-order chi connectivity index (χ1) is 11.6. The number of amidine groups is 1. The highest BCUT2D eigenvalue weighted by Gasteiger charge is 2.32. The van der Waals surface area contributed by atoms with Crippen LogP contribution in [0.5, 0.6) is 0 Å². The second-order valence-corrected chi connectivity index (χ2v) is 5.67. The van der Waals surface area contributed by atoms with Crippen LogP contribution in [0.1, 0.15) is 31.2 Å². The molecule has 0 bridgehead atoms. The molecule has 0 radical (unpaired) electrons.